The second-order valence-electron chi connectivity index (χ2n) is 6.83. The molecule has 0 saturated carbocycles. The maximum Gasteiger partial charge on any atom is 0.0594 e. The largest absolute Gasteiger partial charge is 0.379 e. The van der Waals surface area contributed by atoms with Gasteiger partial charge in [0.05, 0.1) is 31.5 Å². The molecule has 4 nitrogen and oxygen atoms in total. The lowest BCUT2D eigenvalue weighted by atomic mass is 9.99. The van der Waals surface area contributed by atoms with Gasteiger partial charge in [-0.05, 0) is 22.6 Å². The highest BCUT2D eigenvalue weighted by molar-refractivity contribution is 6.36. The van der Waals surface area contributed by atoms with E-state index in [2.05, 4.69) is 40.1 Å². The zero-order valence-electron chi connectivity index (χ0n) is 14.5. The number of rotatable bonds is 4. The first-order chi connectivity index (χ1) is 12.3. The lowest BCUT2D eigenvalue weighted by Gasteiger charge is -2.31. The lowest BCUT2D eigenvalue weighted by Crippen LogP contribution is -2.37. The molecule has 4 rings (SSSR count). The van der Waals surface area contributed by atoms with Crippen molar-refractivity contribution < 1.29 is 9.47 Å². The molecule has 2 aromatic rings. The van der Waals surface area contributed by atoms with Gasteiger partial charge in [-0.3, -0.25) is 9.80 Å². The van der Waals surface area contributed by atoms with E-state index in [4.69, 9.17) is 21.1 Å². The van der Waals surface area contributed by atoms with Crippen LogP contribution in [0.4, 0.5) is 0 Å². The first-order valence-corrected chi connectivity index (χ1v) is 9.48. The van der Waals surface area contributed by atoms with Crippen LogP contribution in [0.1, 0.15) is 11.1 Å². The van der Waals surface area contributed by atoms with Gasteiger partial charge in [-0.2, -0.15) is 0 Å². The fraction of sp³-hybridized carbons (Fsp3) is 0.500. The number of fused-ring (bicyclic) bond motifs is 1. The first kappa shape index (κ1) is 17.3. The second kappa shape index (κ2) is 8.02. The van der Waals surface area contributed by atoms with Gasteiger partial charge >= 0.3 is 0 Å². The Balaban J connectivity index is 1.68. The van der Waals surface area contributed by atoms with E-state index in [0.717, 1.165) is 76.1 Å². The quantitative estimate of drug-likeness (QED) is 0.836. The van der Waals surface area contributed by atoms with Gasteiger partial charge < -0.3 is 9.47 Å². The highest BCUT2D eigenvalue weighted by Crippen LogP contribution is 2.32. The Labute approximate surface area is 154 Å². The summed E-state index contributed by atoms with van der Waals surface area (Å²) in [6.45, 7) is 9.01. The smallest absolute Gasteiger partial charge is 0.0594 e. The molecule has 0 N–H and O–H groups in total. The topological polar surface area (TPSA) is 24.9 Å². The fourth-order valence-electron chi connectivity index (χ4n) is 3.70. The molecular weight excluding hydrogens is 336 g/mol. The highest BCUT2D eigenvalue weighted by atomic mass is 35.5. The summed E-state index contributed by atoms with van der Waals surface area (Å²) in [6.07, 6.45) is 0. The van der Waals surface area contributed by atoms with Crippen LogP contribution < -0.4 is 0 Å². The minimum absolute atomic E-state index is 0.810. The normalized spacial score (nSPS) is 20.2. The van der Waals surface area contributed by atoms with Crippen molar-refractivity contribution in [1.29, 1.82) is 0 Å². The Bertz CT molecular complexity index is 725. The van der Waals surface area contributed by atoms with Gasteiger partial charge in [0.15, 0.2) is 0 Å². The molecule has 0 bridgehead atoms. The molecule has 0 aromatic heterocycles. The molecule has 2 saturated heterocycles. The third-order valence-electron chi connectivity index (χ3n) is 5.16. The average molecular weight is 361 g/mol. The van der Waals surface area contributed by atoms with E-state index in [-0.39, 0.29) is 0 Å². The zero-order chi connectivity index (χ0) is 17.1. The minimum Gasteiger partial charge on any atom is -0.379 e. The third-order valence-corrected chi connectivity index (χ3v) is 5.59. The summed E-state index contributed by atoms with van der Waals surface area (Å²) in [6, 6.07) is 10.8. The standard InChI is InChI=1S/C20H25ClN2O2/c21-20-18-4-2-1-3-16(18)13-17(14-22-5-9-24-10-6-22)19(20)15-23-7-11-25-12-8-23/h1-4,13H,5-12,14-15H2. The fourth-order valence-corrected chi connectivity index (χ4v) is 4.05. The van der Waals surface area contributed by atoms with Gasteiger partial charge in [0.2, 0.25) is 0 Å². The SMILES string of the molecule is Clc1c(CN2CCOCC2)c(CN2CCOCC2)cc2ccccc12. The molecule has 25 heavy (non-hydrogen) atoms. The van der Waals surface area contributed by atoms with Crippen LogP contribution in [0.5, 0.6) is 0 Å². The third kappa shape index (κ3) is 3.99. The molecule has 0 unspecified atom stereocenters. The molecule has 0 atom stereocenters. The van der Waals surface area contributed by atoms with Crippen LogP contribution in [0.15, 0.2) is 30.3 Å². The summed E-state index contributed by atoms with van der Waals surface area (Å²) in [5.74, 6) is 0. The molecule has 0 spiro atoms. The van der Waals surface area contributed by atoms with E-state index in [0.29, 0.717) is 0 Å². The van der Waals surface area contributed by atoms with Crippen LogP contribution in [0.2, 0.25) is 5.02 Å². The van der Waals surface area contributed by atoms with Crippen molar-refractivity contribution in [1.82, 2.24) is 9.80 Å². The summed E-state index contributed by atoms with van der Waals surface area (Å²) >= 11 is 6.88. The average Bonchev–Trinajstić information content (AvgIpc) is 2.67. The van der Waals surface area contributed by atoms with Crippen molar-refractivity contribution in [2.45, 2.75) is 13.1 Å². The predicted molar refractivity (Wildman–Crippen MR) is 101 cm³/mol. The van der Waals surface area contributed by atoms with Crippen molar-refractivity contribution in [2.24, 2.45) is 0 Å². The van der Waals surface area contributed by atoms with Crippen LogP contribution in [-0.2, 0) is 22.6 Å². The van der Waals surface area contributed by atoms with Crippen molar-refractivity contribution in [2.75, 3.05) is 52.6 Å². The van der Waals surface area contributed by atoms with Crippen molar-refractivity contribution in [3.63, 3.8) is 0 Å². The van der Waals surface area contributed by atoms with Gasteiger partial charge in [-0.1, -0.05) is 35.9 Å². The van der Waals surface area contributed by atoms with E-state index in [1.807, 2.05) is 0 Å². The number of nitrogens with zero attached hydrogens (tertiary/aromatic N) is 2. The zero-order valence-corrected chi connectivity index (χ0v) is 15.3. The molecule has 0 aliphatic carbocycles. The van der Waals surface area contributed by atoms with Crippen LogP contribution in [0.25, 0.3) is 10.8 Å². The maximum atomic E-state index is 6.88. The van der Waals surface area contributed by atoms with Crippen LogP contribution in [0, 0.1) is 0 Å². The molecule has 2 heterocycles. The summed E-state index contributed by atoms with van der Waals surface area (Å²) in [5.41, 5.74) is 2.62. The Kier molecular flexibility index (Phi) is 5.54. The van der Waals surface area contributed by atoms with E-state index in [1.165, 1.54) is 16.5 Å². The summed E-state index contributed by atoms with van der Waals surface area (Å²) in [5, 5.41) is 3.28. The predicted octanol–water partition coefficient (Wildman–Crippen LogP) is 3.16. The van der Waals surface area contributed by atoms with Crippen LogP contribution >= 0.6 is 11.6 Å². The van der Waals surface area contributed by atoms with Gasteiger partial charge in [0, 0.05) is 44.7 Å². The molecule has 2 aliphatic heterocycles. The number of halogens is 1. The van der Waals surface area contributed by atoms with E-state index >= 15 is 0 Å². The van der Waals surface area contributed by atoms with Crippen molar-refractivity contribution >= 4 is 22.4 Å². The highest BCUT2D eigenvalue weighted by Gasteiger charge is 2.19. The molecule has 0 amide bonds. The maximum absolute atomic E-state index is 6.88. The van der Waals surface area contributed by atoms with Gasteiger partial charge in [-0.15, -0.1) is 0 Å². The number of hydrogen-bond donors (Lipinski definition) is 0. The lowest BCUT2D eigenvalue weighted by molar-refractivity contribution is 0.0309. The van der Waals surface area contributed by atoms with Crippen molar-refractivity contribution in [3.8, 4) is 0 Å². The van der Waals surface area contributed by atoms with Gasteiger partial charge in [0.25, 0.3) is 0 Å². The van der Waals surface area contributed by atoms with Gasteiger partial charge in [-0.25, -0.2) is 0 Å². The summed E-state index contributed by atoms with van der Waals surface area (Å²) in [4.78, 5) is 4.91. The molecule has 2 aliphatic rings. The Morgan fingerprint density at radius 3 is 2.12 bits per heavy atom. The van der Waals surface area contributed by atoms with E-state index in [1.54, 1.807) is 0 Å². The molecule has 0 radical (unpaired) electrons. The summed E-state index contributed by atoms with van der Waals surface area (Å²) < 4.78 is 11.0. The second-order valence-corrected chi connectivity index (χ2v) is 7.20. The Hall–Kier alpha value is -1.17. The van der Waals surface area contributed by atoms with Crippen LogP contribution in [0.3, 0.4) is 0 Å². The Morgan fingerprint density at radius 2 is 1.44 bits per heavy atom. The number of hydrogen-bond acceptors (Lipinski definition) is 4. The Morgan fingerprint density at radius 1 is 0.840 bits per heavy atom. The molecule has 134 valence electrons. The molecule has 2 aromatic carbocycles. The summed E-state index contributed by atoms with van der Waals surface area (Å²) in [7, 11) is 0. The van der Waals surface area contributed by atoms with E-state index < -0.39 is 0 Å². The van der Waals surface area contributed by atoms with Crippen molar-refractivity contribution in [3.05, 3.63) is 46.5 Å². The van der Waals surface area contributed by atoms with Gasteiger partial charge in [0.1, 0.15) is 0 Å². The monoisotopic (exact) mass is 360 g/mol. The number of ether oxygens (including phenoxy) is 2. The number of benzene rings is 2. The molecule has 5 heteroatoms. The first-order valence-electron chi connectivity index (χ1n) is 9.10. The van der Waals surface area contributed by atoms with E-state index in [9.17, 15) is 0 Å². The minimum atomic E-state index is 0.810. The molecular formula is C20H25ClN2O2. The molecule has 2 fully saturated rings. The number of morpholine rings is 2. The van der Waals surface area contributed by atoms with Crippen LogP contribution in [-0.4, -0.2) is 62.4 Å².